The van der Waals surface area contributed by atoms with Gasteiger partial charge < -0.3 is 15.5 Å². The van der Waals surface area contributed by atoms with Crippen molar-refractivity contribution in [2.75, 3.05) is 25.0 Å². The second-order valence-electron chi connectivity index (χ2n) is 7.41. The highest BCUT2D eigenvalue weighted by Crippen LogP contribution is 2.26. The Bertz CT molecular complexity index is 659. The van der Waals surface area contributed by atoms with E-state index in [4.69, 9.17) is 5.26 Å². The quantitative estimate of drug-likeness (QED) is 0.813. The lowest BCUT2D eigenvalue weighted by atomic mass is 10.1. The molecule has 3 rings (SSSR count). The largest absolute Gasteiger partial charge is 0.370 e. The summed E-state index contributed by atoms with van der Waals surface area (Å²) < 4.78 is 13.4. The van der Waals surface area contributed by atoms with Crippen molar-refractivity contribution < 1.29 is 9.18 Å². The standard InChI is InChI=1S/C19H26FN5O/c1-13-6-16(20)12-25(13)19(26)11-22-17-4-2-14(7-17)9-23-18-5-3-15(8-21)10-24-18/h3,5,10,13-14,16-17,22H,2,4,6-7,9,11-12H2,1H3,(H,23,24)/t13-,14?,16+,17?/m1/s1. The van der Waals surface area contributed by atoms with Crippen molar-refractivity contribution in [3.05, 3.63) is 23.9 Å². The molecule has 2 unspecified atom stereocenters. The van der Waals surface area contributed by atoms with Gasteiger partial charge in [0.25, 0.3) is 0 Å². The molecule has 1 aromatic rings. The lowest BCUT2D eigenvalue weighted by Crippen LogP contribution is -2.42. The summed E-state index contributed by atoms with van der Waals surface area (Å²) in [7, 11) is 0. The maximum atomic E-state index is 13.4. The van der Waals surface area contributed by atoms with E-state index in [0.717, 1.165) is 31.6 Å². The second kappa shape index (κ2) is 8.45. The Balaban J connectivity index is 1.37. The summed E-state index contributed by atoms with van der Waals surface area (Å²) in [5.74, 6) is 1.31. The van der Waals surface area contributed by atoms with Crippen molar-refractivity contribution in [1.82, 2.24) is 15.2 Å². The highest BCUT2D eigenvalue weighted by atomic mass is 19.1. The number of likely N-dealkylation sites (tertiary alicyclic amines) is 1. The average molecular weight is 359 g/mol. The summed E-state index contributed by atoms with van der Waals surface area (Å²) in [6.45, 7) is 3.26. The second-order valence-corrected chi connectivity index (χ2v) is 7.41. The summed E-state index contributed by atoms with van der Waals surface area (Å²) in [4.78, 5) is 18.1. The Kier molecular flexibility index (Phi) is 6.04. The molecule has 1 saturated heterocycles. The topological polar surface area (TPSA) is 81.0 Å². The van der Waals surface area contributed by atoms with Crippen LogP contribution >= 0.6 is 0 Å². The molecule has 2 fully saturated rings. The van der Waals surface area contributed by atoms with Crippen molar-refractivity contribution in [2.24, 2.45) is 5.92 Å². The van der Waals surface area contributed by atoms with E-state index in [9.17, 15) is 9.18 Å². The molecule has 1 aliphatic carbocycles. The fourth-order valence-corrected chi connectivity index (χ4v) is 3.91. The molecule has 1 saturated carbocycles. The predicted octanol–water partition coefficient (Wildman–Crippen LogP) is 2.08. The predicted molar refractivity (Wildman–Crippen MR) is 97.3 cm³/mol. The minimum absolute atomic E-state index is 0.000233. The van der Waals surface area contributed by atoms with Gasteiger partial charge in [0.15, 0.2) is 0 Å². The van der Waals surface area contributed by atoms with Crippen molar-refractivity contribution in [1.29, 1.82) is 5.26 Å². The van der Waals surface area contributed by atoms with Crippen molar-refractivity contribution >= 4 is 11.7 Å². The molecule has 2 aliphatic rings. The number of carbonyl (C=O) groups excluding carboxylic acids is 1. The van der Waals surface area contributed by atoms with Crippen LogP contribution in [0.25, 0.3) is 0 Å². The summed E-state index contributed by atoms with van der Waals surface area (Å²) >= 11 is 0. The third kappa shape index (κ3) is 4.70. The molecule has 0 radical (unpaired) electrons. The molecule has 1 amide bonds. The highest BCUT2D eigenvalue weighted by molar-refractivity contribution is 5.79. The van der Waals surface area contributed by atoms with Crippen molar-refractivity contribution in [3.63, 3.8) is 0 Å². The molecule has 2 heterocycles. The molecule has 0 spiro atoms. The van der Waals surface area contributed by atoms with Crippen molar-refractivity contribution in [2.45, 2.75) is 50.9 Å². The molecule has 0 bridgehead atoms. The Hall–Kier alpha value is -2.20. The number of aromatic nitrogens is 1. The summed E-state index contributed by atoms with van der Waals surface area (Å²) in [5, 5.41) is 15.4. The van der Waals surface area contributed by atoms with Gasteiger partial charge in [0.2, 0.25) is 5.91 Å². The van der Waals surface area contributed by atoms with Crippen LogP contribution in [0.2, 0.25) is 0 Å². The van der Waals surface area contributed by atoms with Gasteiger partial charge in [-0.3, -0.25) is 4.79 Å². The first-order valence-corrected chi connectivity index (χ1v) is 9.32. The highest BCUT2D eigenvalue weighted by Gasteiger charge is 2.32. The van der Waals surface area contributed by atoms with E-state index in [2.05, 4.69) is 21.7 Å². The van der Waals surface area contributed by atoms with Gasteiger partial charge in [-0.2, -0.15) is 5.26 Å². The number of nitriles is 1. The zero-order valence-corrected chi connectivity index (χ0v) is 15.1. The molecular formula is C19H26FN5O. The lowest BCUT2D eigenvalue weighted by Gasteiger charge is -2.22. The molecular weight excluding hydrogens is 333 g/mol. The lowest BCUT2D eigenvalue weighted by molar-refractivity contribution is -0.131. The molecule has 26 heavy (non-hydrogen) atoms. The molecule has 0 aromatic carbocycles. The Morgan fingerprint density at radius 2 is 2.27 bits per heavy atom. The fraction of sp³-hybridized carbons (Fsp3) is 0.632. The van der Waals surface area contributed by atoms with Crippen molar-refractivity contribution in [3.8, 4) is 6.07 Å². The van der Waals surface area contributed by atoms with Crippen LogP contribution in [0.4, 0.5) is 10.2 Å². The van der Waals surface area contributed by atoms with E-state index in [1.807, 2.05) is 13.0 Å². The summed E-state index contributed by atoms with van der Waals surface area (Å²) in [5.41, 5.74) is 0.553. The number of carbonyl (C=O) groups is 1. The van der Waals surface area contributed by atoms with Crippen LogP contribution in [0.3, 0.4) is 0 Å². The van der Waals surface area contributed by atoms with Gasteiger partial charge in [-0.1, -0.05) is 0 Å². The van der Waals surface area contributed by atoms with Gasteiger partial charge >= 0.3 is 0 Å². The van der Waals surface area contributed by atoms with Gasteiger partial charge in [0, 0.05) is 31.2 Å². The maximum Gasteiger partial charge on any atom is 0.236 e. The maximum absolute atomic E-state index is 13.4. The Morgan fingerprint density at radius 3 is 2.92 bits per heavy atom. The third-order valence-electron chi connectivity index (χ3n) is 5.39. The van der Waals surface area contributed by atoms with Crippen LogP contribution in [-0.4, -0.2) is 53.7 Å². The number of nitrogens with zero attached hydrogens (tertiary/aromatic N) is 3. The zero-order valence-electron chi connectivity index (χ0n) is 15.1. The minimum Gasteiger partial charge on any atom is -0.370 e. The van der Waals surface area contributed by atoms with Crippen LogP contribution in [0, 0.1) is 17.2 Å². The molecule has 2 N–H and O–H groups in total. The van der Waals surface area contributed by atoms with Crippen LogP contribution in [0.1, 0.15) is 38.2 Å². The van der Waals surface area contributed by atoms with Gasteiger partial charge in [-0.25, -0.2) is 9.37 Å². The van der Waals surface area contributed by atoms with Crippen LogP contribution in [0.5, 0.6) is 0 Å². The molecule has 140 valence electrons. The summed E-state index contributed by atoms with van der Waals surface area (Å²) in [6.07, 6.45) is 4.29. The number of anilines is 1. The molecule has 6 nitrogen and oxygen atoms in total. The van der Waals surface area contributed by atoms with E-state index < -0.39 is 6.17 Å². The third-order valence-corrected chi connectivity index (χ3v) is 5.39. The van der Waals surface area contributed by atoms with Gasteiger partial charge in [0.1, 0.15) is 18.1 Å². The first kappa shape index (κ1) is 18.6. The van der Waals surface area contributed by atoms with Crippen LogP contribution in [0.15, 0.2) is 18.3 Å². The van der Waals surface area contributed by atoms with E-state index >= 15 is 0 Å². The molecule has 4 atom stereocenters. The van der Waals surface area contributed by atoms with E-state index in [0.29, 0.717) is 30.5 Å². The zero-order chi connectivity index (χ0) is 18.5. The molecule has 1 aliphatic heterocycles. The number of rotatable bonds is 6. The monoisotopic (exact) mass is 359 g/mol. The first-order valence-electron chi connectivity index (χ1n) is 9.32. The van der Waals surface area contributed by atoms with Gasteiger partial charge in [-0.15, -0.1) is 0 Å². The number of pyridine rings is 1. The number of hydrogen-bond acceptors (Lipinski definition) is 5. The number of halogens is 1. The summed E-state index contributed by atoms with van der Waals surface area (Å²) in [6, 6.07) is 5.96. The van der Waals surface area contributed by atoms with Gasteiger partial charge in [-0.05, 0) is 44.2 Å². The number of alkyl halides is 1. The number of amides is 1. The van der Waals surface area contributed by atoms with Crippen LogP contribution < -0.4 is 10.6 Å². The number of hydrogen-bond donors (Lipinski definition) is 2. The smallest absolute Gasteiger partial charge is 0.236 e. The minimum atomic E-state index is -0.883. The Labute approximate surface area is 153 Å². The first-order chi connectivity index (χ1) is 12.5. The molecule has 7 heteroatoms. The fourth-order valence-electron chi connectivity index (χ4n) is 3.91. The van der Waals surface area contributed by atoms with E-state index in [-0.39, 0.29) is 18.5 Å². The van der Waals surface area contributed by atoms with Gasteiger partial charge in [0.05, 0.1) is 18.7 Å². The van der Waals surface area contributed by atoms with E-state index in [1.54, 1.807) is 17.2 Å². The average Bonchev–Trinajstić information content (AvgIpc) is 3.24. The number of nitrogens with one attached hydrogen (secondary N) is 2. The van der Waals surface area contributed by atoms with E-state index in [1.165, 1.54) is 0 Å². The van der Waals surface area contributed by atoms with Crippen LogP contribution in [-0.2, 0) is 4.79 Å². The Morgan fingerprint density at radius 1 is 1.42 bits per heavy atom. The molecule has 1 aromatic heterocycles. The normalized spacial score (nSPS) is 28.1. The SMILES string of the molecule is C[C@@H]1C[C@H](F)CN1C(=O)CNC1CCC(CNc2ccc(C#N)cn2)C1.